The fourth-order valence-electron chi connectivity index (χ4n) is 2.11. The molecule has 1 atom stereocenters. The minimum atomic E-state index is 0.0924. The highest BCUT2D eigenvalue weighted by Crippen LogP contribution is 2.25. The monoisotopic (exact) mass is 275 g/mol. The Kier molecular flexibility index (Phi) is 3.85. The zero-order chi connectivity index (χ0) is 14.0. The number of aromatic nitrogens is 1. The van der Waals surface area contributed by atoms with Gasteiger partial charge in [0.25, 0.3) is 0 Å². The van der Waals surface area contributed by atoms with Crippen LogP contribution in [-0.2, 0) is 0 Å². The first kappa shape index (κ1) is 13.5. The summed E-state index contributed by atoms with van der Waals surface area (Å²) >= 11 is 5.01. The number of aryl methyl sites for hydroxylation is 2. The minimum Gasteiger partial charge on any atom is -0.466 e. The Hall–Kier alpha value is -1.88. The van der Waals surface area contributed by atoms with Crippen molar-refractivity contribution in [2.45, 2.75) is 26.8 Å². The molecule has 1 unspecified atom stereocenters. The number of thiocarbonyl (C=S) groups is 1. The van der Waals surface area contributed by atoms with E-state index >= 15 is 0 Å². The Morgan fingerprint density at radius 2 is 2.21 bits per heavy atom. The van der Waals surface area contributed by atoms with Gasteiger partial charge in [-0.3, -0.25) is 4.98 Å². The van der Waals surface area contributed by atoms with Crippen molar-refractivity contribution in [2.75, 3.05) is 5.32 Å². The van der Waals surface area contributed by atoms with Gasteiger partial charge in [0.05, 0.1) is 11.7 Å². The number of furan rings is 1. The number of rotatable bonds is 4. The summed E-state index contributed by atoms with van der Waals surface area (Å²) in [6.07, 6.45) is 1.68. The van der Waals surface area contributed by atoms with Crippen LogP contribution in [0.2, 0.25) is 0 Å². The maximum absolute atomic E-state index is 5.67. The molecule has 0 radical (unpaired) electrons. The van der Waals surface area contributed by atoms with E-state index in [2.05, 4.69) is 17.2 Å². The van der Waals surface area contributed by atoms with Crippen molar-refractivity contribution < 1.29 is 4.42 Å². The van der Waals surface area contributed by atoms with Crippen molar-refractivity contribution in [1.82, 2.24) is 4.98 Å². The molecule has 19 heavy (non-hydrogen) atoms. The van der Waals surface area contributed by atoms with E-state index in [1.165, 1.54) is 0 Å². The van der Waals surface area contributed by atoms with E-state index in [0.29, 0.717) is 5.69 Å². The van der Waals surface area contributed by atoms with Gasteiger partial charge in [0.2, 0.25) is 0 Å². The van der Waals surface area contributed by atoms with E-state index < -0.39 is 0 Å². The van der Waals surface area contributed by atoms with E-state index in [1.807, 2.05) is 32.0 Å². The normalized spacial score (nSPS) is 12.2. The lowest BCUT2D eigenvalue weighted by Crippen LogP contribution is -2.16. The highest BCUT2D eigenvalue weighted by molar-refractivity contribution is 7.80. The number of nitrogens with two attached hydrogens (primary N) is 1. The van der Waals surface area contributed by atoms with Gasteiger partial charge >= 0.3 is 0 Å². The van der Waals surface area contributed by atoms with Crippen LogP contribution in [-0.4, -0.2) is 9.97 Å². The van der Waals surface area contributed by atoms with Crippen LogP contribution < -0.4 is 11.1 Å². The molecular formula is C14H17N3OS. The molecular weight excluding hydrogens is 258 g/mol. The topological polar surface area (TPSA) is 64.1 Å². The van der Waals surface area contributed by atoms with Crippen molar-refractivity contribution >= 4 is 22.9 Å². The number of nitrogens with zero attached hydrogens (tertiary/aromatic N) is 1. The number of pyridine rings is 1. The van der Waals surface area contributed by atoms with Gasteiger partial charge in [-0.25, -0.2) is 0 Å². The predicted octanol–water partition coefficient (Wildman–Crippen LogP) is 3.10. The van der Waals surface area contributed by atoms with E-state index in [-0.39, 0.29) is 11.0 Å². The maximum Gasteiger partial charge on any atom is 0.124 e. The first-order valence-corrected chi connectivity index (χ1v) is 6.48. The van der Waals surface area contributed by atoms with Crippen LogP contribution in [0.5, 0.6) is 0 Å². The van der Waals surface area contributed by atoms with Gasteiger partial charge in [0.15, 0.2) is 0 Å². The summed E-state index contributed by atoms with van der Waals surface area (Å²) < 4.78 is 5.54. The Bertz CT molecular complexity index is 606. The fraction of sp³-hybridized carbons (Fsp3) is 0.286. The molecule has 0 amide bonds. The van der Waals surface area contributed by atoms with Crippen molar-refractivity contribution in [3.8, 4) is 0 Å². The van der Waals surface area contributed by atoms with Gasteiger partial charge in [0.1, 0.15) is 22.2 Å². The summed E-state index contributed by atoms with van der Waals surface area (Å²) in [5, 5.41) is 3.37. The second-order valence-electron chi connectivity index (χ2n) is 4.50. The summed E-state index contributed by atoms with van der Waals surface area (Å²) in [7, 11) is 0. The molecule has 2 heterocycles. The molecule has 2 aromatic rings. The van der Waals surface area contributed by atoms with E-state index in [1.54, 1.807) is 6.20 Å². The largest absolute Gasteiger partial charge is 0.466 e. The summed E-state index contributed by atoms with van der Waals surface area (Å²) in [6.45, 7) is 5.96. The maximum atomic E-state index is 5.67. The lowest BCUT2D eigenvalue weighted by molar-refractivity contribution is 0.500. The quantitative estimate of drug-likeness (QED) is 0.839. The molecule has 0 aliphatic heterocycles. The third kappa shape index (κ3) is 2.93. The summed E-state index contributed by atoms with van der Waals surface area (Å²) in [6, 6.07) is 5.89. The zero-order valence-electron chi connectivity index (χ0n) is 11.2. The lowest BCUT2D eigenvalue weighted by Gasteiger charge is -2.16. The van der Waals surface area contributed by atoms with Crippen LogP contribution in [0.4, 0.5) is 5.69 Å². The van der Waals surface area contributed by atoms with Crippen LogP contribution in [0, 0.1) is 13.8 Å². The molecule has 0 fully saturated rings. The van der Waals surface area contributed by atoms with Gasteiger partial charge in [-0.05, 0) is 39.0 Å². The highest BCUT2D eigenvalue weighted by Gasteiger charge is 2.15. The average Bonchev–Trinajstić information content (AvgIpc) is 2.69. The molecule has 0 bridgehead atoms. The summed E-state index contributed by atoms with van der Waals surface area (Å²) in [5.74, 6) is 1.82. The smallest absolute Gasteiger partial charge is 0.124 e. The summed E-state index contributed by atoms with van der Waals surface area (Å²) in [5.41, 5.74) is 8.24. The molecule has 2 rings (SSSR count). The third-order valence-electron chi connectivity index (χ3n) is 2.96. The van der Waals surface area contributed by atoms with Gasteiger partial charge in [-0.15, -0.1) is 0 Å². The zero-order valence-corrected chi connectivity index (χ0v) is 12.0. The van der Waals surface area contributed by atoms with Gasteiger partial charge in [-0.2, -0.15) is 0 Å². The second kappa shape index (κ2) is 5.40. The number of nitrogens with one attached hydrogen (secondary N) is 1. The molecule has 5 heteroatoms. The molecule has 0 spiro atoms. The number of anilines is 1. The first-order chi connectivity index (χ1) is 8.99. The summed E-state index contributed by atoms with van der Waals surface area (Å²) in [4.78, 5) is 4.49. The SMILES string of the molecule is Cc1cc(C(C)Nc2cccnc2C(N)=S)c(C)o1. The molecule has 4 nitrogen and oxygen atoms in total. The molecule has 2 aromatic heterocycles. The standard InChI is InChI=1S/C14H17N3OS/c1-8-7-11(10(3)18-8)9(2)17-12-5-4-6-16-13(12)14(15)19/h4-7,9,17H,1-3H3,(H2,15,19). The molecule has 0 aliphatic rings. The number of hydrogen-bond donors (Lipinski definition) is 2. The molecule has 0 saturated heterocycles. The van der Waals surface area contributed by atoms with Crippen molar-refractivity contribution in [3.63, 3.8) is 0 Å². The predicted molar refractivity (Wildman–Crippen MR) is 80.3 cm³/mol. The average molecular weight is 275 g/mol. The Labute approximate surface area is 118 Å². The Morgan fingerprint density at radius 1 is 1.47 bits per heavy atom. The Morgan fingerprint density at radius 3 is 2.79 bits per heavy atom. The van der Waals surface area contributed by atoms with Crippen LogP contribution in [0.15, 0.2) is 28.8 Å². The third-order valence-corrected chi connectivity index (χ3v) is 3.15. The Balaban J connectivity index is 2.26. The minimum absolute atomic E-state index is 0.0924. The fourth-order valence-corrected chi connectivity index (χ4v) is 2.27. The van der Waals surface area contributed by atoms with E-state index in [0.717, 1.165) is 22.8 Å². The molecule has 3 N–H and O–H groups in total. The first-order valence-electron chi connectivity index (χ1n) is 6.07. The van der Waals surface area contributed by atoms with Crippen LogP contribution in [0.1, 0.15) is 35.7 Å². The molecule has 100 valence electrons. The van der Waals surface area contributed by atoms with Gasteiger partial charge < -0.3 is 15.5 Å². The van der Waals surface area contributed by atoms with Gasteiger partial charge in [0, 0.05) is 11.8 Å². The molecule has 0 aliphatic carbocycles. The van der Waals surface area contributed by atoms with Crippen LogP contribution >= 0.6 is 12.2 Å². The second-order valence-corrected chi connectivity index (χ2v) is 4.94. The van der Waals surface area contributed by atoms with E-state index in [4.69, 9.17) is 22.4 Å². The van der Waals surface area contributed by atoms with Crippen LogP contribution in [0.3, 0.4) is 0 Å². The van der Waals surface area contributed by atoms with Crippen LogP contribution in [0.25, 0.3) is 0 Å². The van der Waals surface area contributed by atoms with Gasteiger partial charge in [-0.1, -0.05) is 12.2 Å². The van der Waals surface area contributed by atoms with Crippen molar-refractivity contribution in [2.24, 2.45) is 5.73 Å². The van der Waals surface area contributed by atoms with E-state index in [9.17, 15) is 0 Å². The number of hydrogen-bond acceptors (Lipinski definition) is 4. The van der Waals surface area contributed by atoms with Crippen molar-refractivity contribution in [1.29, 1.82) is 0 Å². The highest BCUT2D eigenvalue weighted by atomic mass is 32.1. The molecule has 0 aromatic carbocycles. The van der Waals surface area contributed by atoms with Crippen molar-refractivity contribution in [3.05, 3.63) is 47.2 Å². The lowest BCUT2D eigenvalue weighted by atomic mass is 10.1. The molecule has 0 saturated carbocycles.